The number of nitrogens with one attached hydrogen (secondary N) is 1. The topological polar surface area (TPSA) is 88.1 Å². The molecule has 0 radical (unpaired) electrons. The molecule has 2 aromatic carbocycles. The first-order chi connectivity index (χ1) is 13.1. The zero-order valence-corrected chi connectivity index (χ0v) is 17.8. The van der Waals surface area contributed by atoms with Crippen LogP contribution < -0.4 is 14.5 Å². The molecule has 2 aromatic rings. The fraction of sp³-hybridized carbons (Fsp3) is 0.222. The molecule has 0 saturated heterocycles. The molecule has 0 bridgehead atoms. The van der Waals surface area contributed by atoms with Crippen molar-refractivity contribution in [3.8, 4) is 5.75 Å². The molecular formula is C18H19Cl2N3O4S. The largest absolute Gasteiger partial charge is 0.497 e. The normalized spacial score (nSPS) is 11.8. The number of amides is 1. The maximum Gasteiger partial charge on any atom is 0.260 e. The van der Waals surface area contributed by atoms with E-state index in [0.29, 0.717) is 11.5 Å². The average Bonchev–Trinajstić information content (AvgIpc) is 2.62. The van der Waals surface area contributed by atoms with Crippen LogP contribution >= 0.6 is 23.2 Å². The maximum atomic E-state index is 12.3. The Hall–Kier alpha value is -2.29. The Labute approximate surface area is 173 Å². The van der Waals surface area contributed by atoms with Crippen molar-refractivity contribution < 1.29 is 17.9 Å². The Morgan fingerprint density at radius 1 is 1.14 bits per heavy atom. The number of hydrogen-bond donors (Lipinski definition) is 1. The summed E-state index contributed by atoms with van der Waals surface area (Å²) in [6.07, 6.45) is 0.987. The van der Waals surface area contributed by atoms with Gasteiger partial charge in [0, 0.05) is 10.0 Å². The number of hydrogen-bond acceptors (Lipinski definition) is 5. The van der Waals surface area contributed by atoms with Crippen LogP contribution in [0.25, 0.3) is 0 Å². The number of halogens is 2. The summed E-state index contributed by atoms with van der Waals surface area (Å²) in [6, 6.07) is 11.4. The summed E-state index contributed by atoms with van der Waals surface area (Å²) in [6.45, 7) is 1.24. The molecule has 28 heavy (non-hydrogen) atoms. The van der Waals surface area contributed by atoms with Crippen molar-refractivity contribution in [2.24, 2.45) is 5.10 Å². The van der Waals surface area contributed by atoms with Gasteiger partial charge >= 0.3 is 0 Å². The van der Waals surface area contributed by atoms with Crippen molar-refractivity contribution in [2.45, 2.75) is 6.92 Å². The zero-order valence-electron chi connectivity index (χ0n) is 15.4. The van der Waals surface area contributed by atoms with E-state index < -0.39 is 22.5 Å². The minimum Gasteiger partial charge on any atom is -0.497 e. The van der Waals surface area contributed by atoms with Gasteiger partial charge in [0.15, 0.2) is 0 Å². The van der Waals surface area contributed by atoms with Gasteiger partial charge in [-0.25, -0.2) is 13.8 Å². The van der Waals surface area contributed by atoms with Gasteiger partial charge in [-0.05, 0) is 55.0 Å². The van der Waals surface area contributed by atoms with Crippen molar-refractivity contribution in [3.63, 3.8) is 0 Å². The lowest BCUT2D eigenvalue weighted by molar-refractivity contribution is -0.119. The van der Waals surface area contributed by atoms with Crippen LogP contribution in [0.5, 0.6) is 5.75 Å². The number of methoxy groups -OCH3 is 1. The number of sulfonamides is 1. The quantitative estimate of drug-likeness (QED) is 0.524. The third-order valence-corrected chi connectivity index (χ3v) is 5.26. The monoisotopic (exact) mass is 443 g/mol. The predicted octanol–water partition coefficient (Wildman–Crippen LogP) is 3.31. The van der Waals surface area contributed by atoms with E-state index in [9.17, 15) is 13.2 Å². The van der Waals surface area contributed by atoms with Gasteiger partial charge in [-0.2, -0.15) is 5.10 Å². The van der Waals surface area contributed by atoms with E-state index in [1.54, 1.807) is 38.3 Å². The summed E-state index contributed by atoms with van der Waals surface area (Å²) in [5, 5.41) is 4.53. The third-order valence-electron chi connectivity index (χ3n) is 3.68. The van der Waals surface area contributed by atoms with Crippen molar-refractivity contribution in [1.82, 2.24) is 5.43 Å². The summed E-state index contributed by atoms with van der Waals surface area (Å²) in [5.41, 5.74) is 3.87. The molecule has 10 heteroatoms. The first kappa shape index (κ1) is 22.0. The number of rotatable bonds is 7. The molecule has 1 amide bonds. The van der Waals surface area contributed by atoms with Crippen LogP contribution in [0.15, 0.2) is 47.6 Å². The van der Waals surface area contributed by atoms with Gasteiger partial charge in [0.2, 0.25) is 10.0 Å². The number of nitrogens with zero attached hydrogens (tertiary/aromatic N) is 2. The highest BCUT2D eigenvalue weighted by molar-refractivity contribution is 7.92. The fourth-order valence-electron chi connectivity index (χ4n) is 2.29. The minimum atomic E-state index is -3.75. The summed E-state index contributed by atoms with van der Waals surface area (Å²) in [7, 11) is -2.19. The molecule has 150 valence electrons. The molecule has 2 rings (SSSR count). The summed E-state index contributed by atoms with van der Waals surface area (Å²) in [5.74, 6) is 0.0824. The van der Waals surface area contributed by atoms with Gasteiger partial charge in [-0.1, -0.05) is 23.2 Å². The van der Waals surface area contributed by atoms with Crippen molar-refractivity contribution in [1.29, 1.82) is 0 Å². The molecule has 0 saturated carbocycles. The van der Waals surface area contributed by atoms with Crippen LogP contribution in [-0.4, -0.2) is 39.9 Å². The second-order valence-electron chi connectivity index (χ2n) is 5.86. The van der Waals surface area contributed by atoms with Crippen LogP contribution in [0.1, 0.15) is 12.5 Å². The highest BCUT2D eigenvalue weighted by atomic mass is 35.5. The number of hydrazone groups is 1. The fourth-order valence-corrected chi connectivity index (χ4v) is 3.65. The molecule has 0 atom stereocenters. The number of carbonyl (C=O) groups is 1. The van der Waals surface area contributed by atoms with Crippen LogP contribution in [0.3, 0.4) is 0 Å². The zero-order chi connectivity index (χ0) is 20.9. The molecule has 0 aliphatic rings. The second kappa shape index (κ2) is 9.27. The number of anilines is 1. The molecule has 0 aliphatic carbocycles. The second-order valence-corrected chi connectivity index (χ2v) is 8.64. The molecular weight excluding hydrogens is 425 g/mol. The van der Waals surface area contributed by atoms with Gasteiger partial charge in [0.05, 0.1) is 24.8 Å². The van der Waals surface area contributed by atoms with E-state index in [1.807, 2.05) is 0 Å². The number of carbonyl (C=O) groups excluding carboxylic acids is 1. The first-order valence-corrected chi connectivity index (χ1v) is 10.6. The van der Waals surface area contributed by atoms with Gasteiger partial charge < -0.3 is 4.74 Å². The molecule has 0 aliphatic heterocycles. The van der Waals surface area contributed by atoms with Crippen LogP contribution in [0.2, 0.25) is 10.0 Å². The molecule has 7 nitrogen and oxygen atoms in total. The average molecular weight is 444 g/mol. The lowest BCUT2D eigenvalue weighted by Crippen LogP contribution is -2.39. The predicted molar refractivity (Wildman–Crippen MR) is 112 cm³/mol. The van der Waals surface area contributed by atoms with E-state index >= 15 is 0 Å². The smallest absolute Gasteiger partial charge is 0.260 e. The van der Waals surface area contributed by atoms with Crippen molar-refractivity contribution in [3.05, 3.63) is 58.1 Å². The highest BCUT2D eigenvalue weighted by Gasteiger charge is 2.21. The number of benzene rings is 2. The van der Waals surface area contributed by atoms with Crippen molar-refractivity contribution in [2.75, 3.05) is 24.2 Å². The Balaban J connectivity index is 2.15. The molecule has 0 heterocycles. The molecule has 0 unspecified atom stereocenters. The third kappa shape index (κ3) is 6.12. The Bertz CT molecular complexity index is 972. The lowest BCUT2D eigenvalue weighted by Gasteiger charge is -2.21. The van der Waals surface area contributed by atoms with E-state index in [0.717, 1.165) is 16.1 Å². The van der Waals surface area contributed by atoms with E-state index in [1.165, 1.54) is 18.2 Å². The summed E-state index contributed by atoms with van der Waals surface area (Å²) in [4.78, 5) is 12.3. The molecule has 0 fully saturated rings. The Morgan fingerprint density at radius 3 is 2.21 bits per heavy atom. The number of ether oxygens (including phenoxy) is 1. The lowest BCUT2D eigenvalue weighted by atomic mass is 10.1. The first-order valence-electron chi connectivity index (χ1n) is 8.01. The van der Waals surface area contributed by atoms with E-state index in [-0.39, 0.29) is 15.7 Å². The standard InChI is InChI=1S/C18H19Cl2N3O4S/c1-12(13-4-6-17(27-2)7-5-13)21-22-18(24)11-23(28(3,25)26)16-9-14(19)8-15(20)10-16/h4-10H,11H2,1-3H3,(H,22,24)/b21-12-. The summed E-state index contributed by atoms with van der Waals surface area (Å²) >= 11 is 11.9. The maximum absolute atomic E-state index is 12.3. The summed E-state index contributed by atoms with van der Waals surface area (Å²) < 4.78 is 30.2. The van der Waals surface area contributed by atoms with Gasteiger partial charge in [0.1, 0.15) is 12.3 Å². The van der Waals surface area contributed by atoms with Gasteiger partial charge in [0.25, 0.3) is 5.91 Å². The molecule has 0 spiro atoms. The Morgan fingerprint density at radius 2 is 1.71 bits per heavy atom. The molecule has 1 N–H and O–H groups in total. The van der Waals surface area contributed by atoms with Crippen molar-refractivity contribution >= 4 is 50.5 Å². The van der Waals surface area contributed by atoms with Crippen LogP contribution in [0, 0.1) is 0 Å². The van der Waals surface area contributed by atoms with Gasteiger partial charge in [-0.3, -0.25) is 9.10 Å². The van der Waals surface area contributed by atoms with Crippen LogP contribution in [-0.2, 0) is 14.8 Å². The Kier molecular flexibility index (Phi) is 7.29. The highest BCUT2D eigenvalue weighted by Crippen LogP contribution is 2.26. The van der Waals surface area contributed by atoms with Gasteiger partial charge in [-0.15, -0.1) is 0 Å². The van der Waals surface area contributed by atoms with Crippen LogP contribution in [0.4, 0.5) is 5.69 Å². The minimum absolute atomic E-state index is 0.186. The van der Waals surface area contributed by atoms with E-state index in [2.05, 4.69) is 10.5 Å². The van der Waals surface area contributed by atoms with E-state index in [4.69, 9.17) is 27.9 Å². The SMILES string of the molecule is COc1ccc(/C(C)=N\NC(=O)CN(c2cc(Cl)cc(Cl)c2)S(C)(=O)=O)cc1. The molecule has 0 aromatic heterocycles.